The Morgan fingerprint density at radius 2 is 1.97 bits per heavy atom. The molecule has 0 radical (unpaired) electrons. The minimum absolute atomic E-state index is 0.00911. The molecule has 2 bridgehead atoms. The SMILES string of the molecule is Cc1ccc(-c2ccc(C(=O)N3CC4CC(C3)c3cccc(=O)n3C4)o2)cc1[N+](=O)[O-]. The van der Waals surface area contributed by atoms with Crippen molar-refractivity contribution in [2.75, 3.05) is 13.1 Å². The zero-order valence-corrected chi connectivity index (χ0v) is 17.0. The van der Waals surface area contributed by atoms with E-state index in [-0.39, 0.29) is 34.7 Å². The van der Waals surface area contributed by atoms with Gasteiger partial charge >= 0.3 is 0 Å². The van der Waals surface area contributed by atoms with Gasteiger partial charge in [0.1, 0.15) is 5.76 Å². The number of rotatable bonds is 3. The van der Waals surface area contributed by atoms with Gasteiger partial charge in [-0.25, -0.2) is 0 Å². The Balaban J connectivity index is 1.39. The summed E-state index contributed by atoms with van der Waals surface area (Å²) in [6, 6.07) is 13.5. The molecule has 0 N–H and O–H groups in total. The molecule has 4 heterocycles. The van der Waals surface area contributed by atoms with Gasteiger partial charge in [-0.2, -0.15) is 0 Å². The summed E-state index contributed by atoms with van der Waals surface area (Å²) in [7, 11) is 0. The fourth-order valence-electron chi connectivity index (χ4n) is 4.79. The highest BCUT2D eigenvalue weighted by Gasteiger charge is 2.37. The number of pyridine rings is 1. The molecule has 31 heavy (non-hydrogen) atoms. The Morgan fingerprint density at radius 3 is 2.77 bits per heavy atom. The van der Waals surface area contributed by atoms with Crippen LogP contribution in [0.3, 0.4) is 0 Å². The van der Waals surface area contributed by atoms with E-state index in [2.05, 4.69) is 0 Å². The van der Waals surface area contributed by atoms with Gasteiger partial charge in [-0.05, 0) is 37.5 Å². The lowest BCUT2D eigenvalue weighted by Crippen LogP contribution is -2.49. The number of aryl methyl sites for hydroxylation is 1. The molecule has 0 aliphatic carbocycles. The number of nitro benzene ring substituents is 1. The molecule has 8 heteroatoms. The second-order valence-corrected chi connectivity index (χ2v) is 8.33. The van der Waals surface area contributed by atoms with Gasteiger partial charge in [0.2, 0.25) is 0 Å². The van der Waals surface area contributed by atoms with Crippen LogP contribution in [0.25, 0.3) is 11.3 Å². The summed E-state index contributed by atoms with van der Waals surface area (Å²) in [6.45, 7) is 3.40. The van der Waals surface area contributed by atoms with Crippen molar-refractivity contribution < 1.29 is 14.1 Å². The first kappa shape index (κ1) is 19.3. The van der Waals surface area contributed by atoms with E-state index >= 15 is 0 Å². The number of nitro groups is 1. The number of benzene rings is 1. The van der Waals surface area contributed by atoms with Crippen LogP contribution in [-0.2, 0) is 6.54 Å². The fourth-order valence-corrected chi connectivity index (χ4v) is 4.79. The molecule has 2 unspecified atom stereocenters. The highest BCUT2D eigenvalue weighted by atomic mass is 16.6. The predicted molar refractivity (Wildman–Crippen MR) is 113 cm³/mol. The second-order valence-electron chi connectivity index (χ2n) is 8.33. The lowest BCUT2D eigenvalue weighted by molar-refractivity contribution is -0.385. The van der Waals surface area contributed by atoms with E-state index < -0.39 is 4.92 Å². The van der Waals surface area contributed by atoms with Crippen LogP contribution in [0.15, 0.2) is 57.7 Å². The maximum absolute atomic E-state index is 13.1. The number of piperidine rings is 1. The molecule has 1 fully saturated rings. The normalized spacial score (nSPS) is 19.7. The number of aromatic nitrogens is 1. The molecule has 8 nitrogen and oxygen atoms in total. The quantitative estimate of drug-likeness (QED) is 0.477. The van der Waals surface area contributed by atoms with Gasteiger partial charge in [0, 0.05) is 54.5 Å². The third-order valence-electron chi connectivity index (χ3n) is 6.27. The first-order chi connectivity index (χ1) is 14.9. The van der Waals surface area contributed by atoms with Gasteiger partial charge in [0.15, 0.2) is 5.76 Å². The Labute approximate surface area is 177 Å². The van der Waals surface area contributed by atoms with Crippen LogP contribution in [-0.4, -0.2) is 33.4 Å². The van der Waals surface area contributed by atoms with Crippen LogP contribution < -0.4 is 5.56 Å². The molecule has 2 aromatic heterocycles. The first-order valence-corrected chi connectivity index (χ1v) is 10.2. The number of hydrogen-bond donors (Lipinski definition) is 0. The van der Waals surface area contributed by atoms with Crippen LogP contribution in [0.4, 0.5) is 5.69 Å². The van der Waals surface area contributed by atoms with Gasteiger partial charge < -0.3 is 13.9 Å². The molecule has 2 aliphatic heterocycles. The molecule has 2 atom stereocenters. The number of carbonyl (C=O) groups excluding carboxylic acids is 1. The fraction of sp³-hybridized carbons (Fsp3) is 0.304. The lowest BCUT2D eigenvalue weighted by atomic mass is 9.83. The number of amides is 1. The molecule has 2 aliphatic rings. The monoisotopic (exact) mass is 419 g/mol. The zero-order valence-electron chi connectivity index (χ0n) is 17.0. The molecule has 1 amide bonds. The van der Waals surface area contributed by atoms with Gasteiger partial charge in [-0.15, -0.1) is 0 Å². The number of furan rings is 1. The third-order valence-corrected chi connectivity index (χ3v) is 6.27. The van der Waals surface area contributed by atoms with Crippen LogP contribution >= 0.6 is 0 Å². The largest absolute Gasteiger partial charge is 0.451 e. The number of hydrogen-bond acceptors (Lipinski definition) is 5. The van der Waals surface area contributed by atoms with Crippen molar-refractivity contribution >= 4 is 11.6 Å². The summed E-state index contributed by atoms with van der Waals surface area (Å²) in [5.74, 6) is 0.780. The second kappa shape index (κ2) is 7.23. The minimum atomic E-state index is -0.427. The Kier molecular flexibility index (Phi) is 4.50. The Morgan fingerprint density at radius 1 is 1.13 bits per heavy atom. The highest BCUT2D eigenvalue weighted by molar-refractivity contribution is 5.92. The zero-order chi connectivity index (χ0) is 21.7. The molecular formula is C23H21N3O5. The summed E-state index contributed by atoms with van der Waals surface area (Å²) in [4.78, 5) is 37.9. The van der Waals surface area contributed by atoms with Gasteiger partial charge in [-0.3, -0.25) is 19.7 Å². The van der Waals surface area contributed by atoms with Crippen molar-refractivity contribution in [2.45, 2.75) is 25.8 Å². The number of nitrogens with zero attached hydrogens (tertiary/aromatic N) is 3. The average Bonchev–Trinajstić information content (AvgIpc) is 3.24. The first-order valence-electron chi connectivity index (χ1n) is 10.2. The maximum Gasteiger partial charge on any atom is 0.289 e. The highest BCUT2D eigenvalue weighted by Crippen LogP contribution is 2.36. The standard InChI is InChI=1S/C23H21N3O5/c1-14-5-6-16(10-19(14)26(29)30)20-7-8-21(31-20)23(28)24-11-15-9-17(13-24)18-3-2-4-22(27)25(18)12-15/h2-8,10,15,17H,9,11-13H2,1H3. The van der Waals surface area contributed by atoms with Crippen molar-refractivity contribution in [3.8, 4) is 11.3 Å². The van der Waals surface area contributed by atoms with Gasteiger partial charge in [-0.1, -0.05) is 18.2 Å². The van der Waals surface area contributed by atoms with E-state index in [4.69, 9.17) is 4.42 Å². The number of likely N-dealkylation sites (tertiary alicyclic amines) is 1. The van der Waals surface area contributed by atoms with Crippen LogP contribution in [0.2, 0.25) is 0 Å². The number of fused-ring (bicyclic) bond motifs is 4. The van der Waals surface area contributed by atoms with Crippen molar-refractivity contribution in [3.63, 3.8) is 0 Å². The minimum Gasteiger partial charge on any atom is -0.451 e. The molecule has 0 spiro atoms. The molecule has 1 saturated heterocycles. The maximum atomic E-state index is 13.1. The van der Waals surface area contributed by atoms with Crippen molar-refractivity contribution in [1.82, 2.24) is 9.47 Å². The molecule has 1 aromatic carbocycles. The summed E-state index contributed by atoms with van der Waals surface area (Å²) in [6.07, 6.45) is 0.962. The molecule has 0 saturated carbocycles. The van der Waals surface area contributed by atoms with Crippen LogP contribution in [0, 0.1) is 23.0 Å². The van der Waals surface area contributed by atoms with Crippen LogP contribution in [0.1, 0.15) is 34.2 Å². The Hall–Kier alpha value is -3.68. The Bertz CT molecular complexity index is 1260. The smallest absolute Gasteiger partial charge is 0.289 e. The lowest BCUT2D eigenvalue weighted by Gasteiger charge is -2.42. The summed E-state index contributed by atoms with van der Waals surface area (Å²) < 4.78 is 7.63. The van der Waals surface area contributed by atoms with E-state index in [1.807, 2.05) is 10.6 Å². The topological polar surface area (TPSA) is 98.6 Å². The summed E-state index contributed by atoms with van der Waals surface area (Å²) in [5.41, 5.74) is 2.12. The average molecular weight is 419 g/mol. The van der Waals surface area contributed by atoms with Crippen molar-refractivity contribution in [3.05, 3.63) is 86.0 Å². The molecular weight excluding hydrogens is 398 g/mol. The molecule has 158 valence electrons. The van der Waals surface area contributed by atoms with Crippen molar-refractivity contribution in [1.29, 1.82) is 0 Å². The summed E-state index contributed by atoms with van der Waals surface area (Å²) >= 11 is 0. The summed E-state index contributed by atoms with van der Waals surface area (Å²) in [5, 5.41) is 11.2. The van der Waals surface area contributed by atoms with E-state index in [1.165, 1.54) is 6.07 Å². The molecule has 5 rings (SSSR count). The van der Waals surface area contributed by atoms with E-state index in [1.54, 1.807) is 48.2 Å². The van der Waals surface area contributed by atoms with E-state index in [9.17, 15) is 19.7 Å². The van der Waals surface area contributed by atoms with E-state index in [0.29, 0.717) is 36.5 Å². The predicted octanol–water partition coefficient (Wildman–Crippen LogP) is 3.58. The van der Waals surface area contributed by atoms with Gasteiger partial charge in [0.05, 0.1) is 4.92 Å². The molecule has 3 aromatic rings. The van der Waals surface area contributed by atoms with Gasteiger partial charge in [0.25, 0.3) is 17.2 Å². The number of carbonyl (C=O) groups is 1. The van der Waals surface area contributed by atoms with Crippen molar-refractivity contribution in [2.24, 2.45) is 5.92 Å². The van der Waals surface area contributed by atoms with E-state index in [0.717, 1.165) is 12.1 Å². The third kappa shape index (κ3) is 3.34. The van der Waals surface area contributed by atoms with Crippen LogP contribution in [0.5, 0.6) is 0 Å².